The number of amides is 1. The van der Waals surface area contributed by atoms with Crippen molar-refractivity contribution in [2.45, 2.75) is 6.92 Å². The lowest BCUT2D eigenvalue weighted by molar-refractivity contribution is 0.102. The van der Waals surface area contributed by atoms with Crippen LogP contribution in [-0.4, -0.2) is 24.5 Å². The first kappa shape index (κ1) is 14.8. The van der Waals surface area contributed by atoms with E-state index in [-0.39, 0.29) is 11.3 Å². The number of rotatable bonds is 5. The minimum absolute atomic E-state index is 0.161. The van der Waals surface area contributed by atoms with Crippen LogP contribution in [0.1, 0.15) is 17.3 Å². The molecule has 0 aliphatic carbocycles. The van der Waals surface area contributed by atoms with Crippen molar-refractivity contribution in [3.05, 3.63) is 47.9 Å². The van der Waals surface area contributed by atoms with E-state index in [1.165, 1.54) is 18.3 Å². The van der Waals surface area contributed by atoms with Crippen molar-refractivity contribution in [1.82, 2.24) is 4.98 Å². The number of anilines is 2. The van der Waals surface area contributed by atoms with Crippen LogP contribution in [0.15, 0.2) is 36.5 Å². The predicted octanol–water partition coefficient (Wildman–Crippen LogP) is 2.91. The number of pyridine rings is 1. The molecule has 2 aromatic rings. The van der Waals surface area contributed by atoms with Gasteiger partial charge in [-0.1, -0.05) is 6.07 Å². The lowest BCUT2D eigenvalue weighted by Crippen LogP contribution is -2.15. The molecule has 1 heterocycles. The molecule has 5 nitrogen and oxygen atoms in total. The molecule has 0 spiro atoms. The smallest absolute Gasteiger partial charge is 0.257 e. The van der Waals surface area contributed by atoms with Crippen LogP contribution in [0.5, 0.6) is 5.88 Å². The van der Waals surface area contributed by atoms with Crippen molar-refractivity contribution in [2.75, 3.05) is 24.3 Å². The molecule has 1 aromatic carbocycles. The van der Waals surface area contributed by atoms with E-state index in [2.05, 4.69) is 15.6 Å². The number of para-hydroxylation sites is 1. The number of aromatic nitrogens is 1. The first-order valence-electron chi connectivity index (χ1n) is 6.52. The minimum atomic E-state index is -0.477. The summed E-state index contributed by atoms with van der Waals surface area (Å²) in [5.74, 6) is -0.406. The van der Waals surface area contributed by atoms with Crippen molar-refractivity contribution in [2.24, 2.45) is 0 Å². The summed E-state index contributed by atoms with van der Waals surface area (Å²) in [6, 6.07) is 7.66. The van der Waals surface area contributed by atoms with Crippen LogP contribution in [-0.2, 0) is 0 Å². The average Bonchev–Trinajstić information content (AvgIpc) is 2.49. The lowest BCUT2D eigenvalue weighted by Gasteiger charge is -2.10. The van der Waals surface area contributed by atoms with Gasteiger partial charge >= 0.3 is 0 Å². The fourth-order valence-corrected chi connectivity index (χ4v) is 1.85. The van der Waals surface area contributed by atoms with Gasteiger partial charge < -0.3 is 15.4 Å². The van der Waals surface area contributed by atoms with Gasteiger partial charge in [0.05, 0.1) is 29.7 Å². The Hall–Kier alpha value is -2.63. The molecule has 2 rings (SSSR count). The van der Waals surface area contributed by atoms with Gasteiger partial charge in [-0.3, -0.25) is 4.79 Å². The molecule has 0 saturated heterocycles. The second-order valence-corrected chi connectivity index (χ2v) is 4.18. The van der Waals surface area contributed by atoms with E-state index in [0.717, 1.165) is 0 Å². The molecule has 2 N–H and O–H groups in total. The normalized spacial score (nSPS) is 10.0. The Labute approximate surface area is 122 Å². The maximum Gasteiger partial charge on any atom is 0.257 e. The maximum absolute atomic E-state index is 13.6. The Morgan fingerprint density at radius 3 is 2.76 bits per heavy atom. The van der Waals surface area contributed by atoms with Gasteiger partial charge in [0, 0.05) is 13.1 Å². The molecule has 0 bridgehead atoms. The van der Waals surface area contributed by atoms with E-state index in [1.807, 2.05) is 6.92 Å². The summed E-state index contributed by atoms with van der Waals surface area (Å²) in [6.07, 6.45) is 1.49. The van der Waals surface area contributed by atoms with Crippen LogP contribution in [0.2, 0.25) is 0 Å². The van der Waals surface area contributed by atoms with Crippen molar-refractivity contribution in [3.63, 3.8) is 0 Å². The second kappa shape index (κ2) is 6.69. The van der Waals surface area contributed by atoms with Crippen LogP contribution >= 0.6 is 0 Å². The predicted molar refractivity (Wildman–Crippen MR) is 79.3 cm³/mol. The quantitative estimate of drug-likeness (QED) is 0.888. The van der Waals surface area contributed by atoms with E-state index < -0.39 is 11.7 Å². The summed E-state index contributed by atoms with van der Waals surface area (Å²) in [7, 11) is 1.56. The molecule has 6 heteroatoms. The third-order valence-electron chi connectivity index (χ3n) is 2.79. The highest BCUT2D eigenvalue weighted by Crippen LogP contribution is 2.21. The monoisotopic (exact) mass is 289 g/mol. The number of carbonyl (C=O) groups is 1. The van der Waals surface area contributed by atoms with Gasteiger partial charge in [0.2, 0.25) is 5.88 Å². The Bertz CT molecular complexity index is 629. The molecule has 21 heavy (non-hydrogen) atoms. The first-order valence-corrected chi connectivity index (χ1v) is 6.52. The number of halogens is 1. The van der Waals surface area contributed by atoms with Gasteiger partial charge in [-0.2, -0.15) is 0 Å². The zero-order valence-corrected chi connectivity index (χ0v) is 11.8. The van der Waals surface area contributed by atoms with E-state index >= 15 is 0 Å². The molecule has 110 valence electrons. The highest BCUT2D eigenvalue weighted by atomic mass is 19.1. The van der Waals surface area contributed by atoms with Crippen molar-refractivity contribution in [1.29, 1.82) is 0 Å². The van der Waals surface area contributed by atoms with Gasteiger partial charge in [0.25, 0.3) is 5.91 Å². The number of nitrogens with one attached hydrogen (secondary N) is 2. The summed E-state index contributed by atoms with van der Waals surface area (Å²) in [5.41, 5.74) is 0.898. The van der Waals surface area contributed by atoms with Gasteiger partial charge in [-0.15, -0.1) is 0 Å². The van der Waals surface area contributed by atoms with E-state index in [1.54, 1.807) is 25.2 Å². The Morgan fingerprint density at radius 2 is 2.14 bits per heavy atom. The Kier molecular flexibility index (Phi) is 4.71. The molecule has 0 radical (unpaired) electrons. The lowest BCUT2D eigenvalue weighted by atomic mass is 10.1. The van der Waals surface area contributed by atoms with Crippen LogP contribution in [0, 0.1) is 5.82 Å². The van der Waals surface area contributed by atoms with Crippen molar-refractivity contribution in [3.8, 4) is 5.88 Å². The number of carbonyl (C=O) groups excluding carboxylic acids is 1. The SMILES string of the molecule is CCOc1ccc(NC(=O)c2cccc(F)c2NC)cn1. The first-order chi connectivity index (χ1) is 10.2. The molecule has 1 aromatic heterocycles. The molecular weight excluding hydrogens is 273 g/mol. The number of hydrogen-bond donors (Lipinski definition) is 2. The van der Waals surface area contributed by atoms with Crippen molar-refractivity contribution < 1.29 is 13.9 Å². The third kappa shape index (κ3) is 3.47. The van der Waals surface area contributed by atoms with Crippen LogP contribution in [0.3, 0.4) is 0 Å². The molecule has 0 atom stereocenters. The molecule has 0 fully saturated rings. The van der Waals surface area contributed by atoms with Crippen molar-refractivity contribution >= 4 is 17.3 Å². The highest BCUT2D eigenvalue weighted by Gasteiger charge is 2.14. The van der Waals surface area contributed by atoms with E-state index in [0.29, 0.717) is 18.2 Å². The number of benzene rings is 1. The highest BCUT2D eigenvalue weighted by molar-refractivity contribution is 6.08. The zero-order valence-electron chi connectivity index (χ0n) is 11.8. The van der Waals surface area contributed by atoms with Gasteiger partial charge in [-0.05, 0) is 25.1 Å². The summed E-state index contributed by atoms with van der Waals surface area (Å²) in [4.78, 5) is 16.2. The number of hydrogen-bond acceptors (Lipinski definition) is 4. The maximum atomic E-state index is 13.6. The van der Waals surface area contributed by atoms with Gasteiger partial charge in [-0.25, -0.2) is 9.37 Å². The fraction of sp³-hybridized carbons (Fsp3) is 0.200. The molecule has 0 aliphatic rings. The summed E-state index contributed by atoms with van der Waals surface area (Å²) in [6.45, 7) is 2.38. The number of nitrogens with zero attached hydrogens (tertiary/aromatic N) is 1. The Morgan fingerprint density at radius 1 is 1.33 bits per heavy atom. The second-order valence-electron chi connectivity index (χ2n) is 4.18. The molecule has 0 unspecified atom stereocenters. The topological polar surface area (TPSA) is 63.2 Å². The third-order valence-corrected chi connectivity index (χ3v) is 2.79. The summed E-state index contributed by atoms with van der Waals surface area (Å²) in [5, 5.41) is 5.35. The van der Waals surface area contributed by atoms with Crippen LogP contribution in [0.4, 0.5) is 15.8 Å². The zero-order chi connectivity index (χ0) is 15.2. The fourth-order valence-electron chi connectivity index (χ4n) is 1.85. The summed E-state index contributed by atoms with van der Waals surface area (Å²) < 4.78 is 18.8. The number of ether oxygens (including phenoxy) is 1. The Balaban J connectivity index is 2.16. The molecule has 1 amide bonds. The van der Waals surface area contributed by atoms with Crippen LogP contribution in [0.25, 0.3) is 0 Å². The standard InChI is InChI=1S/C15H16FN3O2/c1-3-21-13-8-7-10(9-18-13)19-15(20)11-5-4-6-12(16)14(11)17-2/h4-9,17H,3H2,1-2H3,(H,19,20). The largest absolute Gasteiger partial charge is 0.478 e. The van der Waals surface area contributed by atoms with Crippen LogP contribution < -0.4 is 15.4 Å². The van der Waals surface area contributed by atoms with E-state index in [4.69, 9.17) is 4.74 Å². The van der Waals surface area contributed by atoms with Gasteiger partial charge in [0.1, 0.15) is 5.82 Å². The van der Waals surface area contributed by atoms with E-state index in [9.17, 15) is 9.18 Å². The molecule has 0 saturated carbocycles. The van der Waals surface area contributed by atoms with Gasteiger partial charge in [0.15, 0.2) is 0 Å². The molecular formula is C15H16FN3O2. The minimum Gasteiger partial charge on any atom is -0.478 e. The average molecular weight is 289 g/mol. The summed E-state index contributed by atoms with van der Waals surface area (Å²) >= 11 is 0. The molecule has 0 aliphatic heterocycles.